The predicted octanol–water partition coefficient (Wildman–Crippen LogP) is 2.37. The van der Waals surface area contributed by atoms with E-state index in [1.807, 2.05) is 24.3 Å². The molecule has 16 heavy (non-hydrogen) atoms. The predicted molar refractivity (Wildman–Crippen MR) is 59.3 cm³/mol. The molecule has 0 unspecified atom stereocenters. The molecule has 4 heteroatoms. The van der Waals surface area contributed by atoms with Crippen molar-refractivity contribution in [3.8, 4) is 17.2 Å². The molecular weight excluding hydrogens is 206 g/mol. The van der Waals surface area contributed by atoms with Crippen LogP contribution in [0.1, 0.15) is 0 Å². The van der Waals surface area contributed by atoms with Gasteiger partial charge in [0.15, 0.2) is 0 Å². The van der Waals surface area contributed by atoms with Crippen molar-refractivity contribution in [3.05, 3.63) is 36.7 Å². The lowest BCUT2D eigenvalue weighted by Crippen LogP contribution is -2.04. The number of nitrogens with zero attached hydrogens (tertiary/aromatic N) is 1. The van der Waals surface area contributed by atoms with E-state index >= 15 is 0 Å². The second-order valence-electron chi connectivity index (χ2n) is 3.21. The van der Waals surface area contributed by atoms with Crippen molar-refractivity contribution in [2.24, 2.45) is 0 Å². The van der Waals surface area contributed by atoms with E-state index in [4.69, 9.17) is 13.9 Å². The van der Waals surface area contributed by atoms with Gasteiger partial charge in [-0.2, -0.15) is 0 Å². The summed E-state index contributed by atoms with van der Waals surface area (Å²) < 4.78 is 15.6. The number of ether oxygens (including phenoxy) is 2. The number of hydrogen-bond acceptors (Lipinski definition) is 4. The van der Waals surface area contributed by atoms with E-state index in [9.17, 15) is 0 Å². The highest BCUT2D eigenvalue weighted by molar-refractivity contribution is 5.55. The smallest absolute Gasteiger partial charge is 0.225 e. The third kappa shape index (κ3) is 2.61. The van der Waals surface area contributed by atoms with Crippen LogP contribution >= 0.6 is 0 Å². The molecule has 0 fully saturated rings. The lowest BCUT2D eigenvalue weighted by atomic mass is 10.2. The summed E-state index contributed by atoms with van der Waals surface area (Å²) >= 11 is 0. The first-order valence-corrected chi connectivity index (χ1v) is 5.02. The van der Waals surface area contributed by atoms with Crippen LogP contribution in [0, 0.1) is 0 Å². The second kappa shape index (κ2) is 5.32. The lowest BCUT2D eigenvalue weighted by Gasteiger charge is -2.05. The fraction of sp³-hybridized carbons (Fsp3) is 0.250. The molecule has 4 nitrogen and oxygen atoms in total. The molecule has 2 aromatic rings. The van der Waals surface area contributed by atoms with Crippen LogP contribution in [0.15, 0.2) is 41.1 Å². The van der Waals surface area contributed by atoms with Gasteiger partial charge < -0.3 is 13.9 Å². The fourth-order valence-corrected chi connectivity index (χ4v) is 1.33. The van der Waals surface area contributed by atoms with Gasteiger partial charge in [0.2, 0.25) is 5.89 Å². The molecule has 0 radical (unpaired) electrons. The van der Waals surface area contributed by atoms with Crippen molar-refractivity contribution in [3.63, 3.8) is 0 Å². The molecule has 1 aromatic carbocycles. The quantitative estimate of drug-likeness (QED) is 0.724. The summed E-state index contributed by atoms with van der Waals surface area (Å²) in [5.41, 5.74) is 0.903. The minimum Gasteiger partial charge on any atom is -0.491 e. The van der Waals surface area contributed by atoms with Gasteiger partial charge in [-0.15, -0.1) is 0 Å². The molecule has 84 valence electrons. The number of oxazole rings is 1. The molecule has 2 rings (SSSR count). The van der Waals surface area contributed by atoms with Crippen LogP contribution in [0.3, 0.4) is 0 Å². The van der Waals surface area contributed by atoms with Crippen LogP contribution in [-0.2, 0) is 4.74 Å². The average Bonchev–Trinajstić information content (AvgIpc) is 2.83. The fourth-order valence-electron chi connectivity index (χ4n) is 1.33. The van der Waals surface area contributed by atoms with Crippen molar-refractivity contribution >= 4 is 0 Å². The first-order chi connectivity index (χ1) is 7.90. The Labute approximate surface area is 93.8 Å². The minimum atomic E-state index is 0.533. The van der Waals surface area contributed by atoms with Gasteiger partial charge in [-0.1, -0.05) is 6.07 Å². The molecule has 0 spiro atoms. The zero-order chi connectivity index (χ0) is 11.2. The molecule has 1 aromatic heterocycles. The Bertz CT molecular complexity index is 426. The van der Waals surface area contributed by atoms with E-state index in [2.05, 4.69) is 4.98 Å². The Hall–Kier alpha value is -1.81. The summed E-state index contributed by atoms with van der Waals surface area (Å²) in [5.74, 6) is 1.38. The van der Waals surface area contributed by atoms with Crippen LogP contribution in [0.2, 0.25) is 0 Å². The van der Waals surface area contributed by atoms with Gasteiger partial charge in [-0.05, 0) is 18.2 Å². The normalized spacial score (nSPS) is 10.3. The zero-order valence-corrected chi connectivity index (χ0v) is 9.05. The molecule has 0 atom stereocenters. The van der Waals surface area contributed by atoms with Crippen LogP contribution in [-0.4, -0.2) is 25.3 Å². The third-order valence-electron chi connectivity index (χ3n) is 2.07. The van der Waals surface area contributed by atoms with E-state index in [0.29, 0.717) is 19.1 Å². The van der Waals surface area contributed by atoms with Crippen LogP contribution < -0.4 is 4.74 Å². The zero-order valence-electron chi connectivity index (χ0n) is 9.05. The molecule has 0 N–H and O–H groups in total. The first-order valence-electron chi connectivity index (χ1n) is 5.02. The Balaban J connectivity index is 2.08. The van der Waals surface area contributed by atoms with Gasteiger partial charge in [-0.25, -0.2) is 4.98 Å². The number of rotatable bonds is 5. The summed E-state index contributed by atoms with van der Waals surface area (Å²) in [6, 6.07) is 7.61. The number of benzene rings is 1. The topological polar surface area (TPSA) is 44.5 Å². The van der Waals surface area contributed by atoms with E-state index in [1.54, 1.807) is 19.6 Å². The van der Waals surface area contributed by atoms with Crippen LogP contribution in [0.25, 0.3) is 11.5 Å². The summed E-state index contributed by atoms with van der Waals surface area (Å²) in [7, 11) is 1.65. The third-order valence-corrected chi connectivity index (χ3v) is 2.07. The maximum Gasteiger partial charge on any atom is 0.225 e. The monoisotopic (exact) mass is 219 g/mol. The van der Waals surface area contributed by atoms with E-state index in [-0.39, 0.29) is 0 Å². The van der Waals surface area contributed by atoms with E-state index in [0.717, 1.165) is 11.3 Å². The second-order valence-corrected chi connectivity index (χ2v) is 3.21. The minimum absolute atomic E-state index is 0.533. The van der Waals surface area contributed by atoms with Crippen molar-refractivity contribution in [1.82, 2.24) is 4.98 Å². The van der Waals surface area contributed by atoms with Gasteiger partial charge in [0.1, 0.15) is 18.6 Å². The summed E-state index contributed by atoms with van der Waals surface area (Å²) in [6.45, 7) is 1.11. The SMILES string of the molecule is COCCOc1cccc(-c2ncco2)c1. The molecule has 0 saturated heterocycles. The molecule has 0 aliphatic carbocycles. The van der Waals surface area contributed by atoms with Crippen molar-refractivity contribution in [1.29, 1.82) is 0 Å². The van der Waals surface area contributed by atoms with Crippen molar-refractivity contribution in [2.75, 3.05) is 20.3 Å². The summed E-state index contributed by atoms with van der Waals surface area (Å²) in [4.78, 5) is 4.08. The van der Waals surface area contributed by atoms with Gasteiger partial charge in [0, 0.05) is 12.7 Å². The highest BCUT2D eigenvalue weighted by atomic mass is 16.5. The highest BCUT2D eigenvalue weighted by Crippen LogP contribution is 2.22. The van der Waals surface area contributed by atoms with E-state index < -0.39 is 0 Å². The standard InChI is InChI=1S/C12H13NO3/c1-14-7-8-15-11-4-2-3-10(9-11)12-13-5-6-16-12/h2-6,9H,7-8H2,1H3. The Morgan fingerprint density at radius 2 is 2.25 bits per heavy atom. The highest BCUT2D eigenvalue weighted by Gasteiger charge is 2.03. The molecule has 0 amide bonds. The Kier molecular flexibility index (Phi) is 3.56. The molecule has 0 bridgehead atoms. The van der Waals surface area contributed by atoms with Gasteiger partial charge in [-0.3, -0.25) is 0 Å². The Morgan fingerprint density at radius 1 is 1.31 bits per heavy atom. The van der Waals surface area contributed by atoms with Crippen LogP contribution in [0.5, 0.6) is 5.75 Å². The number of methoxy groups -OCH3 is 1. The average molecular weight is 219 g/mol. The number of hydrogen-bond donors (Lipinski definition) is 0. The van der Waals surface area contributed by atoms with Gasteiger partial charge in [0.05, 0.1) is 12.8 Å². The van der Waals surface area contributed by atoms with E-state index in [1.165, 1.54) is 0 Å². The Morgan fingerprint density at radius 3 is 3.00 bits per heavy atom. The molecule has 1 heterocycles. The summed E-state index contributed by atoms with van der Waals surface area (Å²) in [5, 5.41) is 0. The van der Waals surface area contributed by atoms with Crippen molar-refractivity contribution < 1.29 is 13.9 Å². The maximum absolute atomic E-state index is 5.49. The lowest BCUT2D eigenvalue weighted by molar-refractivity contribution is 0.146. The largest absolute Gasteiger partial charge is 0.491 e. The molecule has 0 saturated carbocycles. The van der Waals surface area contributed by atoms with Crippen LogP contribution in [0.4, 0.5) is 0 Å². The molecule has 0 aliphatic rings. The molecule has 0 aliphatic heterocycles. The maximum atomic E-state index is 5.49. The van der Waals surface area contributed by atoms with Gasteiger partial charge >= 0.3 is 0 Å². The van der Waals surface area contributed by atoms with Crippen molar-refractivity contribution in [2.45, 2.75) is 0 Å². The molecular formula is C12H13NO3. The first kappa shape index (κ1) is 10.7. The van der Waals surface area contributed by atoms with Gasteiger partial charge in [0.25, 0.3) is 0 Å². The number of aromatic nitrogens is 1. The summed E-state index contributed by atoms with van der Waals surface area (Å²) in [6.07, 6.45) is 3.17.